The quantitative estimate of drug-likeness (QED) is 0.704. The molecule has 0 unspecified atom stereocenters. The van der Waals surface area contributed by atoms with Crippen molar-refractivity contribution in [3.63, 3.8) is 0 Å². The average molecular weight is 199 g/mol. The Labute approximate surface area is 86.3 Å². The number of amides is 1. The molecule has 0 aromatic rings. The van der Waals surface area contributed by atoms with Gasteiger partial charge in [-0.2, -0.15) is 0 Å². The van der Waals surface area contributed by atoms with Crippen LogP contribution in [0.3, 0.4) is 0 Å². The maximum absolute atomic E-state index is 11.1. The van der Waals surface area contributed by atoms with Gasteiger partial charge in [0.05, 0.1) is 0 Å². The minimum atomic E-state index is -0.498. The van der Waals surface area contributed by atoms with Gasteiger partial charge in [-0.1, -0.05) is 34.6 Å². The van der Waals surface area contributed by atoms with Crippen LogP contribution in [-0.4, -0.2) is 18.2 Å². The van der Waals surface area contributed by atoms with E-state index in [-0.39, 0.29) is 10.8 Å². The number of carbonyl (C=O) groups is 2. The molecule has 0 aliphatic carbocycles. The fraction of sp³-hybridized carbons (Fsp3) is 0.818. The minimum absolute atomic E-state index is 0.0297. The first-order valence-corrected chi connectivity index (χ1v) is 4.87. The summed E-state index contributed by atoms with van der Waals surface area (Å²) in [4.78, 5) is 21.8. The van der Waals surface area contributed by atoms with Gasteiger partial charge < -0.3 is 5.32 Å². The number of hydrogen-bond acceptors (Lipinski definition) is 2. The normalized spacial score (nSPS) is 12.4. The van der Waals surface area contributed by atoms with Crippen LogP contribution in [0.2, 0.25) is 0 Å². The van der Waals surface area contributed by atoms with Crippen molar-refractivity contribution in [2.24, 2.45) is 10.8 Å². The van der Waals surface area contributed by atoms with Gasteiger partial charge >= 0.3 is 0 Å². The fourth-order valence-corrected chi connectivity index (χ4v) is 0.691. The highest BCUT2D eigenvalue weighted by molar-refractivity contribution is 6.35. The molecule has 1 amide bonds. The van der Waals surface area contributed by atoms with Crippen molar-refractivity contribution >= 4 is 11.7 Å². The lowest BCUT2D eigenvalue weighted by Crippen LogP contribution is -2.43. The molecular formula is C11H21NO2. The van der Waals surface area contributed by atoms with Crippen LogP contribution < -0.4 is 5.32 Å². The Hall–Kier alpha value is -0.860. The van der Waals surface area contributed by atoms with Crippen LogP contribution in [0.1, 0.15) is 41.5 Å². The second-order valence-electron chi connectivity index (χ2n) is 5.37. The number of rotatable bonds is 3. The summed E-state index contributed by atoms with van der Waals surface area (Å²) in [5.41, 5.74) is 0.0647. The van der Waals surface area contributed by atoms with Crippen LogP contribution in [0.4, 0.5) is 0 Å². The number of nitrogens with one attached hydrogen (secondary N) is 1. The Bertz CT molecular complexity index is 236. The van der Waals surface area contributed by atoms with Gasteiger partial charge in [-0.05, 0) is 10.8 Å². The summed E-state index contributed by atoms with van der Waals surface area (Å²) in [6, 6.07) is 0. The lowest BCUT2D eigenvalue weighted by Gasteiger charge is -2.38. The Morgan fingerprint density at radius 3 is 1.79 bits per heavy atom. The molecule has 0 aromatic carbocycles. The van der Waals surface area contributed by atoms with Gasteiger partial charge in [0, 0.05) is 13.5 Å². The van der Waals surface area contributed by atoms with Crippen LogP contribution in [-0.2, 0) is 9.59 Å². The third-order valence-electron chi connectivity index (χ3n) is 3.04. The minimum Gasteiger partial charge on any atom is -0.349 e. The Morgan fingerprint density at radius 2 is 1.50 bits per heavy atom. The van der Waals surface area contributed by atoms with Crippen LogP contribution in [0.25, 0.3) is 0 Å². The van der Waals surface area contributed by atoms with Crippen molar-refractivity contribution in [1.82, 2.24) is 5.32 Å². The maximum Gasteiger partial charge on any atom is 0.287 e. The first kappa shape index (κ1) is 13.1. The van der Waals surface area contributed by atoms with Gasteiger partial charge in [0.1, 0.15) is 0 Å². The van der Waals surface area contributed by atoms with Crippen molar-refractivity contribution < 1.29 is 9.59 Å². The monoisotopic (exact) mass is 199 g/mol. The molecule has 0 aromatic heterocycles. The number of carbonyl (C=O) groups excluding carboxylic acids is 2. The second kappa shape index (κ2) is 4.11. The SMILES string of the molecule is CC(=O)C(=O)NCC(C)(C)C(C)(C)C. The Balaban J connectivity index is 4.27. The maximum atomic E-state index is 11.1. The number of hydrogen-bond donors (Lipinski definition) is 1. The van der Waals surface area contributed by atoms with Crippen LogP contribution in [0.5, 0.6) is 0 Å². The average Bonchev–Trinajstić information content (AvgIpc) is 1.97. The van der Waals surface area contributed by atoms with E-state index < -0.39 is 11.7 Å². The van der Waals surface area contributed by atoms with Gasteiger partial charge in [0.25, 0.3) is 5.91 Å². The van der Waals surface area contributed by atoms with E-state index in [9.17, 15) is 9.59 Å². The molecule has 14 heavy (non-hydrogen) atoms. The van der Waals surface area contributed by atoms with Crippen molar-refractivity contribution in [1.29, 1.82) is 0 Å². The summed E-state index contributed by atoms with van der Waals surface area (Å²) < 4.78 is 0. The third kappa shape index (κ3) is 3.48. The zero-order valence-electron chi connectivity index (χ0n) is 10.0. The van der Waals surface area contributed by atoms with E-state index in [2.05, 4.69) is 39.9 Å². The van der Waals surface area contributed by atoms with E-state index in [4.69, 9.17) is 0 Å². The van der Waals surface area contributed by atoms with Crippen molar-refractivity contribution in [3.8, 4) is 0 Å². The highest BCUT2D eigenvalue weighted by Crippen LogP contribution is 2.36. The van der Waals surface area contributed by atoms with Crippen molar-refractivity contribution in [2.45, 2.75) is 41.5 Å². The van der Waals surface area contributed by atoms with Crippen molar-refractivity contribution in [3.05, 3.63) is 0 Å². The Kier molecular flexibility index (Phi) is 3.86. The summed E-state index contributed by atoms with van der Waals surface area (Å²) in [5, 5.41) is 2.64. The van der Waals surface area contributed by atoms with E-state index in [1.54, 1.807) is 0 Å². The molecule has 3 nitrogen and oxygen atoms in total. The highest BCUT2D eigenvalue weighted by atomic mass is 16.2. The van der Waals surface area contributed by atoms with Gasteiger partial charge in [0.15, 0.2) is 0 Å². The molecule has 1 N–H and O–H groups in total. The van der Waals surface area contributed by atoms with E-state index in [1.807, 2.05) is 0 Å². The topological polar surface area (TPSA) is 46.2 Å². The Morgan fingerprint density at radius 1 is 1.07 bits per heavy atom. The molecule has 0 aliphatic heterocycles. The first-order valence-electron chi connectivity index (χ1n) is 4.87. The molecule has 0 rings (SSSR count). The molecule has 0 aliphatic rings. The molecule has 82 valence electrons. The summed E-state index contributed by atoms with van der Waals surface area (Å²) in [6.07, 6.45) is 0. The molecule has 3 heteroatoms. The summed E-state index contributed by atoms with van der Waals surface area (Å²) >= 11 is 0. The molecule has 0 saturated carbocycles. The van der Waals surface area contributed by atoms with E-state index in [0.29, 0.717) is 6.54 Å². The molecule has 0 fully saturated rings. The lowest BCUT2D eigenvalue weighted by atomic mass is 9.69. The van der Waals surface area contributed by atoms with Gasteiger partial charge in [-0.25, -0.2) is 0 Å². The van der Waals surface area contributed by atoms with Gasteiger partial charge in [-0.15, -0.1) is 0 Å². The molecular weight excluding hydrogens is 178 g/mol. The van der Waals surface area contributed by atoms with E-state index in [1.165, 1.54) is 6.92 Å². The van der Waals surface area contributed by atoms with E-state index in [0.717, 1.165) is 0 Å². The van der Waals surface area contributed by atoms with Crippen LogP contribution in [0.15, 0.2) is 0 Å². The number of ketones is 1. The second-order valence-corrected chi connectivity index (χ2v) is 5.37. The molecule has 0 spiro atoms. The summed E-state index contributed by atoms with van der Waals surface area (Å²) in [6.45, 7) is 12.3. The number of Topliss-reactive ketones (excluding diaryl/α,β-unsaturated/α-hetero) is 1. The molecule has 0 radical (unpaired) electrons. The zero-order chi connectivity index (χ0) is 11.6. The molecule has 0 heterocycles. The lowest BCUT2D eigenvalue weighted by molar-refractivity contribution is -0.137. The standard InChI is InChI=1S/C11H21NO2/c1-8(13)9(14)12-7-11(5,6)10(2,3)4/h7H2,1-6H3,(H,12,14). The molecule has 0 atom stereocenters. The third-order valence-corrected chi connectivity index (χ3v) is 3.04. The van der Waals surface area contributed by atoms with E-state index >= 15 is 0 Å². The van der Waals surface area contributed by atoms with Crippen molar-refractivity contribution in [2.75, 3.05) is 6.54 Å². The smallest absolute Gasteiger partial charge is 0.287 e. The molecule has 0 bridgehead atoms. The molecule has 0 saturated heterocycles. The van der Waals surface area contributed by atoms with Gasteiger partial charge in [-0.3, -0.25) is 9.59 Å². The van der Waals surface area contributed by atoms with Crippen LogP contribution >= 0.6 is 0 Å². The predicted molar refractivity (Wildman–Crippen MR) is 56.9 cm³/mol. The highest BCUT2D eigenvalue weighted by Gasteiger charge is 2.33. The zero-order valence-corrected chi connectivity index (χ0v) is 10.0. The van der Waals surface area contributed by atoms with Crippen LogP contribution in [0, 0.1) is 10.8 Å². The summed E-state index contributed by atoms with van der Waals surface area (Å²) in [5.74, 6) is -0.933. The summed E-state index contributed by atoms with van der Waals surface area (Å²) in [7, 11) is 0. The first-order chi connectivity index (χ1) is 6.08. The predicted octanol–water partition coefficient (Wildman–Crippen LogP) is 1.76. The fourth-order valence-electron chi connectivity index (χ4n) is 0.691. The largest absolute Gasteiger partial charge is 0.349 e. The van der Waals surface area contributed by atoms with Gasteiger partial charge in [0.2, 0.25) is 5.78 Å².